The van der Waals surface area contributed by atoms with Crippen molar-refractivity contribution in [1.82, 2.24) is 14.5 Å². The van der Waals surface area contributed by atoms with Crippen LogP contribution >= 0.6 is 0 Å². The molecular weight excluding hydrogens is 354 g/mol. The summed E-state index contributed by atoms with van der Waals surface area (Å²) >= 11 is 0. The van der Waals surface area contributed by atoms with Crippen LogP contribution in [-0.4, -0.2) is 27.4 Å². The highest BCUT2D eigenvalue weighted by Crippen LogP contribution is 2.08. The number of hydrogen-bond donors (Lipinski definition) is 1. The van der Waals surface area contributed by atoms with E-state index in [1.165, 1.54) is 4.57 Å². The first-order valence-electron chi connectivity index (χ1n) is 9.56. The lowest BCUT2D eigenvalue weighted by Crippen LogP contribution is -2.35. The first-order chi connectivity index (χ1) is 13.6. The van der Waals surface area contributed by atoms with Crippen molar-refractivity contribution >= 4 is 16.8 Å². The molecule has 0 unspecified atom stereocenters. The zero-order chi connectivity index (χ0) is 19.9. The van der Waals surface area contributed by atoms with Gasteiger partial charge in [0.1, 0.15) is 0 Å². The van der Waals surface area contributed by atoms with E-state index in [2.05, 4.69) is 4.98 Å². The lowest BCUT2D eigenvalue weighted by Gasteiger charge is -2.17. The molecule has 3 aromatic rings. The van der Waals surface area contributed by atoms with Gasteiger partial charge in [0, 0.05) is 26.6 Å². The number of carbonyl (C=O) groups is 1. The molecule has 0 saturated heterocycles. The number of nitrogens with one attached hydrogen (secondary N) is 1. The van der Waals surface area contributed by atoms with Crippen LogP contribution in [0.4, 0.5) is 0 Å². The third-order valence-corrected chi connectivity index (χ3v) is 4.85. The van der Waals surface area contributed by atoms with Crippen LogP contribution in [0.5, 0.6) is 0 Å². The number of rotatable bonds is 8. The molecule has 0 fully saturated rings. The number of benzene rings is 2. The van der Waals surface area contributed by atoms with Crippen molar-refractivity contribution in [3.63, 3.8) is 0 Å². The molecule has 1 heterocycles. The van der Waals surface area contributed by atoms with Crippen molar-refractivity contribution in [2.24, 2.45) is 0 Å². The Hall–Kier alpha value is -3.15. The highest BCUT2D eigenvalue weighted by molar-refractivity contribution is 5.77. The van der Waals surface area contributed by atoms with E-state index in [4.69, 9.17) is 0 Å². The Morgan fingerprint density at radius 2 is 1.68 bits per heavy atom. The fraction of sp³-hybridized carbons (Fsp3) is 0.318. The minimum absolute atomic E-state index is 0.101. The van der Waals surface area contributed by atoms with Crippen LogP contribution < -0.4 is 11.2 Å². The topological polar surface area (TPSA) is 75.2 Å². The van der Waals surface area contributed by atoms with E-state index < -0.39 is 0 Å². The van der Waals surface area contributed by atoms with Gasteiger partial charge in [-0.3, -0.25) is 14.2 Å². The zero-order valence-corrected chi connectivity index (χ0v) is 16.1. The minimum atomic E-state index is -0.387. The molecule has 0 spiro atoms. The van der Waals surface area contributed by atoms with E-state index in [-0.39, 0.29) is 17.2 Å². The predicted molar refractivity (Wildman–Crippen MR) is 110 cm³/mol. The van der Waals surface area contributed by atoms with E-state index in [0.717, 1.165) is 18.4 Å². The summed E-state index contributed by atoms with van der Waals surface area (Å²) in [4.78, 5) is 41.3. The molecule has 3 rings (SSSR count). The van der Waals surface area contributed by atoms with Gasteiger partial charge in [0.25, 0.3) is 5.56 Å². The maximum atomic E-state index is 12.5. The standard InChI is InChI=1S/C22H25N3O3/c1-24(16-17-10-4-2-5-11-17)20(26)14-6-3-9-15-25-21(27)18-12-7-8-13-19(18)23-22(25)28/h2,4-5,7-8,10-13H,3,6,9,14-16H2,1H3,(H,23,28). The average Bonchev–Trinajstić information content (AvgIpc) is 2.70. The SMILES string of the molecule is CN(Cc1ccccc1)C(=O)CCCCCn1c(=O)[nH]c2ccccc2c1=O. The van der Waals surface area contributed by atoms with Crippen LogP contribution in [0.3, 0.4) is 0 Å². The highest BCUT2D eigenvalue weighted by atomic mass is 16.2. The third kappa shape index (κ3) is 4.76. The van der Waals surface area contributed by atoms with Gasteiger partial charge in [-0.05, 0) is 30.5 Å². The average molecular weight is 379 g/mol. The number of aromatic amines is 1. The van der Waals surface area contributed by atoms with E-state index in [0.29, 0.717) is 36.8 Å². The monoisotopic (exact) mass is 379 g/mol. The minimum Gasteiger partial charge on any atom is -0.341 e. The largest absolute Gasteiger partial charge is 0.341 e. The van der Waals surface area contributed by atoms with Gasteiger partial charge in [-0.15, -0.1) is 0 Å². The quantitative estimate of drug-likeness (QED) is 0.612. The van der Waals surface area contributed by atoms with Crippen LogP contribution in [-0.2, 0) is 17.9 Å². The first-order valence-corrected chi connectivity index (χ1v) is 9.56. The van der Waals surface area contributed by atoms with Crippen molar-refractivity contribution < 1.29 is 4.79 Å². The highest BCUT2D eigenvalue weighted by Gasteiger charge is 2.10. The maximum Gasteiger partial charge on any atom is 0.328 e. The molecule has 0 bridgehead atoms. The lowest BCUT2D eigenvalue weighted by molar-refractivity contribution is -0.130. The van der Waals surface area contributed by atoms with Gasteiger partial charge in [0.2, 0.25) is 5.91 Å². The molecule has 2 aromatic carbocycles. The summed E-state index contributed by atoms with van der Waals surface area (Å²) in [5.41, 5.74) is 1.01. The Labute approximate surface area is 163 Å². The summed E-state index contributed by atoms with van der Waals surface area (Å²) in [6.45, 7) is 0.953. The summed E-state index contributed by atoms with van der Waals surface area (Å²) in [5, 5.41) is 0.514. The van der Waals surface area contributed by atoms with Crippen LogP contribution in [0.2, 0.25) is 0 Å². The molecule has 6 nitrogen and oxygen atoms in total. The number of carbonyl (C=O) groups excluding carboxylic acids is 1. The summed E-state index contributed by atoms with van der Waals surface area (Å²) in [6.07, 6.45) is 2.66. The molecule has 6 heteroatoms. The Morgan fingerprint density at radius 1 is 0.964 bits per heavy atom. The number of aromatic nitrogens is 2. The molecular formula is C22H25N3O3. The molecule has 1 aromatic heterocycles. The van der Waals surface area contributed by atoms with Gasteiger partial charge in [0.05, 0.1) is 10.9 Å². The summed E-state index contributed by atoms with van der Waals surface area (Å²) in [6, 6.07) is 16.9. The molecule has 0 radical (unpaired) electrons. The molecule has 0 atom stereocenters. The van der Waals surface area contributed by atoms with Gasteiger partial charge >= 0.3 is 5.69 Å². The molecule has 0 aliphatic heterocycles. The third-order valence-electron chi connectivity index (χ3n) is 4.85. The normalized spacial score (nSPS) is 10.9. The van der Waals surface area contributed by atoms with Crippen LogP contribution in [0, 0.1) is 0 Å². The Morgan fingerprint density at radius 3 is 2.46 bits per heavy atom. The smallest absolute Gasteiger partial charge is 0.328 e. The summed E-state index contributed by atoms with van der Waals surface area (Å²) in [5.74, 6) is 0.101. The second-order valence-electron chi connectivity index (χ2n) is 6.98. The number of amides is 1. The number of fused-ring (bicyclic) bond motifs is 1. The number of unbranched alkanes of at least 4 members (excludes halogenated alkanes) is 2. The number of nitrogens with zero attached hydrogens (tertiary/aromatic N) is 2. The fourth-order valence-electron chi connectivity index (χ4n) is 3.26. The summed E-state index contributed by atoms with van der Waals surface area (Å²) in [7, 11) is 1.81. The number of hydrogen-bond acceptors (Lipinski definition) is 3. The molecule has 146 valence electrons. The van der Waals surface area contributed by atoms with E-state index >= 15 is 0 Å². The Kier molecular flexibility index (Phi) is 6.42. The maximum absolute atomic E-state index is 12.5. The fourth-order valence-corrected chi connectivity index (χ4v) is 3.26. The molecule has 0 saturated carbocycles. The van der Waals surface area contributed by atoms with Gasteiger partial charge in [-0.2, -0.15) is 0 Å². The summed E-state index contributed by atoms with van der Waals surface area (Å²) < 4.78 is 1.24. The van der Waals surface area contributed by atoms with Gasteiger partial charge < -0.3 is 9.88 Å². The van der Waals surface area contributed by atoms with E-state index in [1.54, 1.807) is 29.2 Å². The molecule has 0 aliphatic carbocycles. The number of para-hydroxylation sites is 1. The predicted octanol–water partition coefficient (Wildman–Crippen LogP) is 2.91. The second-order valence-corrected chi connectivity index (χ2v) is 6.98. The molecule has 1 amide bonds. The van der Waals surface area contributed by atoms with E-state index in [1.807, 2.05) is 37.4 Å². The van der Waals surface area contributed by atoms with Crippen LogP contribution in [0.1, 0.15) is 31.2 Å². The van der Waals surface area contributed by atoms with Crippen LogP contribution in [0.25, 0.3) is 10.9 Å². The van der Waals surface area contributed by atoms with E-state index in [9.17, 15) is 14.4 Å². The van der Waals surface area contributed by atoms with Gasteiger partial charge in [-0.25, -0.2) is 4.79 Å². The van der Waals surface area contributed by atoms with Crippen LogP contribution in [0.15, 0.2) is 64.2 Å². The van der Waals surface area contributed by atoms with Crippen molar-refractivity contribution in [3.8, 4) is 0 Å². The van der Waals surface area contributed by atoms with Gasteiger partial charge in [-0.1, -0.05) is 48.9 Å². The van der Waals surface area contributed by atoms with Crippen molar-refractivity contribution in [2.75, 3.05) is 7.05 Å². The first kappa shape index (κ1) is 19.6. The lowest BCUT2D eigenvalue weighted by atomic mass is 10.1. The Balaban J connectivity index is 1.47. The van der Waals surface area contributed by atoms with Crippen molar-refractivity contribution in [1.29, 1.82) is 0 Å². The van der Waals surface area contributed by atoms with Crippen molar-refractivity contribution in [3.05, 3.63) is 81.0 Å². The molecule has 0 aliphatic rings. The number of H-pyrrole nitrogens is 1. The molecule has 1 N–H and O–H groups in total. The second kappa shape index (κ2) is 9.17. The zero-order valence-electron chi connectivity index (χ0n) is 16.1. The Bertz CT molecular complexity index is 1050. The molecule has 28 heavy (non-hydrogen) atoms. The van der Waals surface area contributed by atoms with Gasteiger partial charge in [0.15, 0.2) is 0 Å². The van der Waals surface area contributed by atoms with Crippen molar-refractivity contribution in [2.45, 2.75) is 38.8 Å².